The van der Waals surface area contributed by atoms with Gasteiger partial charge in [-0.15, -0.1) is 0 Å². The molecule has 2 aromatic carbocycles. The van der Waals surface area contributed by atoms with Crippen LogP contribution in [0.4, 0.5) is 5.69 Å². The number of hydrazone groups is 1. The van der Waals surface area contributed by atoms with Crippen molar-refractivity contribution in [2.24, 2.45) is 11.0 Å². The van der Waals surface area contributed by atoms with Gasteiger partial charge in [0.1, 0.15) is 5.75 Å². The quantitative estimate of drug-likeness (QED) is 0.616. The lowest BCUT2D eigenvalue weighted by Gasteiger charge is -2.29. The first-order valence-corrected chi connectivity index (χ1v) is 8.79. The smallest absolute Gasteiger partial charge is 0.269 e. The van der Waals surface area contributed by atoms with Crippen molar-refractivity contribution in [2.45, 2.75) is 25.8 Å². The van der Waals surface area contributed by atoms with Crippen LogP contribution in [0, 0.1) is 16.0 Å². The highest BCUT2D eigenvalue weighted by molar-refractivity contribution is 6.06. The number of non-ortho nitro benzene ring substituents is 1. The fourth-order valence-electron chi connectivity index (χ4n) is 4.05. The van der Waals surface area contributed by atoms with E-state index in [0.717, 1.165) is 41.0 Å². The van der Waals surface area contributed by atoms with Gasteiger partial charge in [-0.25, -0.2) is 5.01 Å². The lowest BCUT2D eigenvalue weighted by molar-refractivity contribution is -0.385. The molecule has 1 amide bonds. The van der Waals surface area contributed by atoms with Crippen molar-refractivity contribution in [3.8, 4) is 5.75 Å². The highest BCUT2D eigenvalue weighted by atomic mass is 16.6. The number of methoxy groups -OCH3 is 1. The van der Waals surface area contributed by atoms with Crippen molar-refractivity contribution in [2.75, 3.05) is 7.11 Å². The summed E-state index contributed by atoms with van der Waals surface area (Å²) in [5.74, 6) is 0.629. The van der Waals surface area contributed by atoms with E-state index in [1.165, 1.54) is 18.0 Å². The van der Waals surface area contributed by atoms with Gasteiger partial charge in [0.25, 0.3) is 5.69 Å². The number of carbonyl (C=O) groups excluding carboxylic acids is 1. The molecule has 2 atom stereocenters. The zero-order valence-corrected chi connectivity index (χ0v) is 15.1. The standard InChI is InChI=1S/C20H19N3O4/c1-12(24)22-20(14-4-3-5-15(10-14)23(25)26)18-8-6-13-11-16(27-2)7-9-17(13)19(18)21-22/h3-5,7,9-11,18,20H,6,8H2,1-2H3. The summed E-state index contributed by atoms with van der Waals surface area (Å²) >= 11 is 0. The second-order valence-corrected chi connectivity index (χ2v) is 6.81. The van der Waals surface area contributed by atoms with Crippen molar-refractivity contribution >= 4 is 17.3 Å². The Labute approximate surface area is 156 Å². The summed E-state index contributed by atoms with van der Waals surface area (Å²) in [5.41, 5.74) is 3.79. The number of fused-ring (bicyclic) bond motifs is 3. The summed E-state index contributed by atoms with van der Waals surface area (Å²) in [7, 11) is 1.64. The number of carbonyl (C=O) groups is 1. The minimum atomic E-state index is -0.416. The molecule has 4 rings (SSSR count). The van der Waals surface area contributed by atoms with Crippen LogP contribution in [0.3, 0.4) is 0 Å². The lowest BCUT2D eigenvalue weighted by Crippen LogP contribution is -2.31. The van der Waals surface area contributed by atoms with Gasteiger partial charge in [-0.2, -0.15) is 5.10 Å². The molecule has 1 aliphatic carbocycles. The van der Waals surface area contributed by atoms with Crippen LogP contribution in [0.15, 0.2) is 47.6 Å². The fourth-order valence-corrected chi connectivity index (χ4v) is 4.05. The number of hydrogen-bond acceptors (Lipinski definition) is 5. The molecule has 2 aliphatic rings. The number of rotatable bonds is 3. The molecule has 2 unspecified atom stereocenters. The molecule has 0 fully saturated rings. The predicted molar refractivity (Wildman–Crippen MR) is 99.7 cm³/mol. The number of hydrogen-bond donors (Lipinski definition) is 0. The maximum atomic E-state index is 12.3. The fraction of sp³-hybridized carbons (Fsp3) is 0.300. The summed E-state index contributed by atoms with van der Waals surface area (Å²) in [5, 5.41) is 17.3. The number of nitrogens with zero attached hydrogens (tertiary/aromatic N) is 3. The summed E-state index contributed by atoms with van der Waals surface area (Å²) in [6.07, 6.45) is 1.66. The van der Waals surface area contributed by atoms with Crippen molar-refractivity contribution in [1.82, 2.24) is 5.01 Å². The maximum Gasteiger partial charge on any atom is 0.269 e. The number of amides is 1. The van der Waals surface area contributed by atoms with Crippen molar-refractivity contribution < 1.29 is 14.5 Å². The summed E-state index contributed by atoms with van der Waals surface area (Å²) < 4.78 is 5.31. The Morgan fingerprint density at radius 3 is 2.81 bits per heavy atom. The largest absolute Gasteiger partial charge is 0.497 e. The van der Waals surface area contributed by atoms with Gasteiger partial charge in [-0.3, -0.25) is 14.9 Å². The van der Waals surface area contributed by atoms with E-state index in [1.807, 2.05) is 24.3 Å². The van der Waals surface area contributed by atoms with E-state index in [0.29, 0.717) is 0 Å². The van der Waals surface area contributed by atoms with Gasteiger partial charge in [0, 0.05) is 30.5 Å². The molecule has 1 aliphatic heterocycles. The summed E-state index contributed by atoms with van der Waals surface area (Å²) in [4.78, 5) is 23.0. The van der Waals surface area contributed by atoms with Crippen molar-refractivity contribution in [3.63, 3.8) is 0 Å². The van der Waals surface area contributed by atoms with Crippen LogP contribution in [0.25, 0.3) is 0 Å². The number of benzene rings is 2. The summed E-state index contributed by atoms with van der Waals surface area (Å²) in [6, 6.07) is 12.0. The van der Waals surface area contributed by atoms with Crippen LogP contribution in [-0.2, 0) is 11.2 Å². The van der Waals surface area contributed by atoms with Crippen LogP contribution < -0.4 is 4.74 Å². The average molecular weight is 365 g/mol. The SMILES string of the molecule is COc1ccc2c(c1)CCC1C2=NN(C(C)=O)C1c1cccc([N+](=O)[O-])c1. The number of ether oxygens (including phenoxy) is 1. The van der Waals surface area contributed by atoms with Gasteiger partial charge in [-0.1, -0.05) is 12.1 Å². The van der Waals surface area contributed by atoms with E-state index in [-0.39, 0.29) is 23.6 Å². The Morgan fingerprint density at radius 2 is 2.11 bits per heavy atom. The minimum Gasteiger partial charge on any atom is -0.497 e. The van der Waals surface area contributed by atoms with Gasteiger partial charge in [0.2, 0.25) is 5.91 Å². The second-order valence-electron chi connectivity index (χ2n) is 6.81. The molecule has 138 valence electrons. The Hall–Kier alpha value is -3.22. The highest BCUT2D eigenvalue weighted by Crippen LogP contribution is 2.44. The van der Waals surface area contributed by atoms with E-state index < -0.39 is 4.92 Å². The van der Waals surface area contributed by atoms with Gasteiger partial charge >= 0.3 is 0 Å². The lowest BCUT2D eigenvalue weighted by atomic mass is 9.77. The van der Waals surface area contributed by atoms with Crippen LogP contribution in [0.1, 0.15) is 36.1 Å². The second kappa shape index (κ2) is 6.50. The molecule has 7 heteroatoms. The molecule has 0 aromatic heterocycles. The molecule has 0 bridgehead atoms. The van der Waals surface area contributed by atoms with Crippen molar-refractivity contribution in [1.29, 1.82) is 0 Å². The molecule has 7 nitrogen and oxygen atoms in total. The third-order valence-electron chi connectivity index (χ3n) is 5.27. The molecule has 0 saturated heterocycles. The van der Waals surface area contributed by atoms with Crippen LogP contribution in [-0.4, -0.2) is 28.7 Å². The Kier molecular flexibility index (Phi) is 4.14. The van der Waals surface area contributed by atoms with Crippen molar-refractivity contribution in [3.05, 3.63) is 69.3 Å². The van der Waals surface area contributed by atoms with Crippen LogP contribution >= 0.6 is 0 Å². The molecule has 0 radical (unpaired) electrons. The number of nitro groups is 1. The number of aryl methyl sites for hydroxylation is 1. The third-order valence-corrected chi connectivity index (χ3v) is 5.27. The van der Waals surface area contributed by atoms with Crippen LogP contribution in [0.2, 0.25) is 0 Å². The van der Waals surface area contributed by atoms with E-state index >= 15 is 0 Å². The van der Waals surface area contributed by atoms with E-state index in [9.17, 15) is 14.9 Å². The topological polar surface area (TPSA) is 85.0 Å². The molecular formula is C20H19N3O4. The van der Waals surface area contributed by atoms with E-state index in [4.69, 9.17) is 4.74 Å². The van der Waals surface area contributed by atoms with E-state index in [1.54, 1.807) is 19.2 Å². The number of nitro benzene ring substituents is 1. The first-order chi connectivity index (χ1) is 13.0. The molecule has 0 saturated carbocycles. The minimum absolute atomic E-state index is 0.0109. The zero-order chi connectivity index (χ0) is 19.1. The molecular weight excluding hydrogens is 346 g/mol. The first-order valence-electron chi connectivity index (χ1n) is 8.79. The Balaban J connectivity index is 1.78. The van der Waals surface area contributed by atoms with Crippen LogP contribution in [0.5, 0.6) is 5.75 Å². The monoisotopic (exact) mass is 365 g/mol. The molecule has 0 N–H and O–H groups in total. The molecule has 2 aromatic rings. The maximum absolute atomic E-state index is 12.3. The Morgan fingerprint density at radius 1 is 1.30 bits per heavy atom. The third kappa shape index (κ3) is 2.85. The predicted octanol–water partition coefficient (Wildman–Crippen LogP) is 3.47. The Bertz CT molecular complexity index is 969. The van der Waals surface area contributed by atoms with Gasteiger partial charge in [-0.05, 0) is 42.2 Å². The normalized spacial score (nSPS) is 20.5. The highest BCUT2D eigenvalue weighted by Gasteiger charge is 2.43. The molecule has 0 spiro atoms. The summed E-state index contributed by atoms with van der Waals surface area (Å²) in [6.45, 7) is 1.47. The zero-order valence-electron chi connectivity index (χ0n) is 15.1. The van der Waals surface area contributed by atoms with Gasteiger partial charge in [0.15, 0.2) is 0 Å². The van der Waals surface area contributed by atoms with Gasteiger partial charge in [0.05, 0.1) is 23.8 Å². The first kappa shape index (κ1) is 17.2. The van der Waals surface area contributed by atoms with Gasteiger partial charge < -0.3 is 4.74 Å². The molecule has 27 heavy (non-hydrogen) atoms. The van der Waals surface area contributed by atoms with E-state index in [2.05, 4.69) is 5.10 Å². The molecule has 1 heterocycles. The average Bonchev–Trinajstić information content (AvgIpc) is 3.07.